The van der Waals surface area contributed by atoms with E-state index in [0.717, 1.165) is 4.90 Å². The number of carbonyl (C=O) groups is 2. The molecule has 0 radical (unpaired) electrons. The lowest BCUT2D eigenvalue weighted by Gasteiger charge is -2.36. The number of carbonyl (C=O) groups excluding carboxylic acids is 2. The number of hydrogen-bond donors (Lipinski definition) is 0. The van der Waals surface area contributed by atoms with Crippen LogP contribution in [0.15, 0.2) is 0 Å². The average molecular weight is 387 g/mol. The van der Waals surface area contributed by atoms with Crippen molar-refractivity contribution in [2.75, 3.05) is 0 Å². The molecule has 0 saturated carbocycles. The van der Waals surface area contributed by atoms with Crippen molar-refractivity contribution < 1.29 is 22.7 Å². The molecular formula is C10H14INO5S. The zero-order valence-corrected chi connectivity index (χ0v) is 13.2. The van der Waals surface area contributed by atoms with Gasteiger partial charge in [0.05, 0.1) is 11.2 Å². The summed E-state index contributed by atoms with van der Waals surface area (Å²) in [5, 5.41) is -0.859. The highest BCUT2D eigenvalue weighted by Gasteiger charge is 2.68. The lowest BCUT2D eigenvalue weighted by Crippen LogP contribution is -2.57. The fraction of sp³-hybridized carbons (Fsp3) is 0.800. The fourth-order valence-electron chi connectivity index (χ4n) is 2.43. The Morgan fingerprint density at radius 2 is 2.11 bits per heavy atom. The molecule has 0 aromatic heterocycles. The first-order chi connectivity index (χ1) is 8.10. The average Bonchev–Trinajstić information content (AvgIpc) is 2.31. The normalized spacial score (nSPS) is 33.6. The summed E-state index contributed by atoms with van der Waals surface area (Å²) in [6, 6.07) is -1.04. The number of halogens is 1. The first-order valence-electron chi connectivity index (χ1n) is 5.50. The highest BCUT2D eigenvalue weighted by molar-refractivity contribution is 14.1. The van der Waals surface area contributed by atoms with E-state index in [2.05, 4.69) is 0 Å². The number of amides is 1. The van der Waals surface area contributed by atoms with Crippen LogP contribution in [0.2, 0.25) is 0 Å². The maximum Gasteiger partial charge on any atom is 0.331 e. The van der Waals surface area contributed by atoms with Crippen LogP contribution in [0, 0.1) is 0 Å². The molecule has 0 bridgehead atoms. The van der Waals surface area contributed by atoms with E-state index >= 15 is 0 Å². The monoisotopic (exact) mass is 387 g/mol. The smallest absolute Gasteiger partial charge is 0.331 e. The third-order valence-electron chi connectivity index (χ3n) is 3.48. The molecule has 2 heterocycles. The Balaban J connectivity index is 2.40. The quantitative estimate of drug-likeness (QED) is 0.297. The maximum absolute atomic E-state index is 12.2. The highest BCUT2D eigenvalue weighted by Crippen LogP contribution is 2.46. The second-order valence-corrected chi connectivity index (χ2v) is 9.43. The number of fused-ring (bicyclic) bond motifs is 1. The largest absolute Gasteiger partial charge is 0.450 e. The van der Waals surface area contributed by atoms with Gasteiger partial charge in [0.15, 0.2) is 9.84 Å². The van der Waals surface area contributed by atoms with Crippen molar-refractivity contribution in [1.82, 2.24) is 4.90 Å². The van der Waals surface area contributed by atoms with Crippen LogP contribution in [0.5, 0.6) is 0 Å². The molecule has 1 unspecified atom stereocenters. The summed E-state index contributed by atoms with van der Waals surface area (Å²) >= 11 is 1.90. The molecular weight excluding hydrogens is 373 g/mol. The standard InChI is InChI=1S/C10H14INO5S/c1-5(11)17-9(14)8-10(2,3)18(15,16)7-4-6(13)12(7)8/h5,7-8H,4H2,1-3H3/t5?,7-,8+/m1/s1. The van der Waals surface area contributed by atoms with Gasteiger partial charge in [0.2, 0.25) is 5.91 Å². The number of ether oxygens (including phenoxy) is 1. The molecule has 2 aliphatic heterocycles. The summed E-state index contributed by atoms with van der Waals surface area (Å²) in [6.07, 6.45) is -0.0324. The molecule has 18 heavy (non-hydrogen) atoms. The summed E-state index contributed by atoms with van der Waals surface area (Å²) in [5.74, 6) is -0.960. The molecule has 102 valence electrons. The number of alkyl halides is 1. The summed E-state index contributed by atoms with van der Waals surface area (Å²) < 4.78 is 27.8. The number of nitrogens with zero attached hydrogens (tertiary/aromatic N) is 1. The summed E-state index contributed by atoms with van der Waals surface area (Å²) in [7, 11) is -3.53. The van der Waals surface area contributed by atoms with Crippen LogP contribution in [0.1, 0.15) is 27.2 Å². The van der Waals surface area contributed by atoms with Gasteiger partial charge in [0.25, 0.3) is 0 Å². The van der Waals surface area contributed by atoms with Gasteiger partial charge in [0, 0.05) is 0 Å². The summed E-state index contributed by atoms with van der Waals surface area (Å²) in [5.41, 5.74) is 0. The van der Waals surface area contributed by atoms with Crippen molar-refractivity contribution in [1.29, 1.82) is 0 Å². The van der Waals surface area contributed by atoms with E-state index in [1.54, 1.807) is 6.92 Å². The number of hydrogen-bond acceptors (Lipinski definition) is 5. The van der Waals surface area contributed by atoms with Gasteiger partial charge in [-0.3, -0.25) is 4.79 Å². The van der Waals surface area contributed by atoms with Gasteiger partial charge < -0.3 is 9.64 Å². The number of esters is 1. The van der Waals surface area contributed by atoms with Crippen molar-refractivity contribution in [2.24, 2.45) is 0 Å². The molecule has 0 aliphatic carbocycles. The Kier molecular flexibility index (Phi) is 3.16. The molecule has 0 aromatic rings. The van der Waals surface area contributed by atoms with Gasteiger partial charge in [0.1, 0.15) is 15.5 Å². The van der Waals surface area contributed by atoms with Crippen LogP contribution in [0.25, 0.3) is 0 Å². The lowest BCUT2D eigenvalue weighted by molar-refractivity contribution is -0.161. The molecule has 2 saturated heterocycles. The second kappa shape index (κ2) is 4.06. The fourth-order valence-corrected chi connectivity index (χ4v) is 4.81. The van der Waals surface area contributed by atoms with E-state index in [-0.39, 0.29) is 16.4 Å². The van der Waals surface area contributed by atoms with Gasteiger partial charge in [-0.1, -0.05) is 0 Å². The number of sulfone groups is 1. The molecule has 2 fully saturated rings. The number of rotatable bonds is 2. The third kappa shape index (κ3) is 1.68. The SMILES string of the molecule is CC(I)OC(=O)[C@@H]1N2C(=O)C[C@H]2S(=O)(=O)C1(C)C. The minimum atomic E-state index is -3.53. The predicted molar refractivity (Wildman–Crippen MR) is 71.6 cm³/mol. The van der Waals surface area contributed by atoms with Crippen LogP contribution < -0.4 is 0 Å². The van der Waals surface area contributed by atoms with Gasteiger partial charge >= 0.3 is 5.97 Å². The van der Waals surface area contributed by atoms with Gasteiger partial charge in [-0.15, -0.1) is 0 Å². The minimum absolute atomic E-state index is 0.0324. The molecule has 6 nitrogen and oxygen atoms in total. The van der Waals surface area contributed by atoms with Crippen molar-refractivity contribution in [3.8, 4) is 0 Å². The molecule has 2 rings (SSSR count). The summed E-state index contributed by atoms with van der Waals surface area (Å²) in [4.78, 5) is 24.7. The molecule has 2 aliphatic rings. The zero-order chi connectivity index (χ0) is 13.9. The van der Waals surface area contributed by atoms with Gasteiger partial charge in [-0.25, -0.2) is 13.2 Å². The van der Waals surface area contributed by atoms with Crippen molar-refractivity contribution in [2.45, 2.75) is 47.5 Å². The van der Waals surface area contributed by atoms with E-state index in [1.807, 2.05) is 22.6 Å². The highest BCUT2D eigenvalue weighted by atomic mass is 127. The van der Waals surface area contributed by atoms with Crippen molar-refractivity contribution >= 4 is 44.3 Å². The van der Waals surface area contributed by atoms with E-state index in [1.165, 1.54) is 13.8 Å². The van der Waals surface area contributed by atoms with Crippen molar-refractivity contribution in [3.05, 3.63) is 0 Å². The Morgan fingerprint density at radius 1 is 1.56 bits per heavy atom. The molecule has 0 spiro atoms. The lowest BCUT2D eigenvalue weighted by atomic mass is 9.98. The zero-order valence-electron chi connectivity index (χ0n) is 10.2. The van der Waals surface area contributed by atoms with Gasteiger partial charge in [-0.2, -0.15) is 0 Å². The van der Waals surface area contributed by atoms with Crippen molar-refractivity contribution in [3.63, 3.8) is 0 Å². The second-order valence-electron chi connectivity index (χ2n) is 4.99. The van der Waals surface area contributed by atoms with Crippen LogP contribution in [-0.4, -0.2) is 45.5 Å². The third-order valence-corrected chi connectivity index (χ3v) is 6.53. The summed E-state index contributed by atoms with van der Waals surface area (Å²) in [6.45, 7) is 4.61. The maximum atomic E-state index is 12.2. The Hall–Kier alpha value is -0.380. The van der Waals surface area contributed by atoms with E-state index in [0.29, 0.717) is 0 Å². The Bertz CT molecular complexity index is 512. The Morgan fingerprint density at radius 3 is 2.56 bits per heavy atom. The first kappa shape index (κ1) is 14.0. The van der Waals surface area contributed by atoms with Crippen LogP contribution in [0.4, 0.5) is 0 Å². The van der Waals surface area contributed by atoms with Crippen LogP contribution >= 0.6 is 22.6 Å². The van der Waals surface area contributed by atoms with E-state index in [4.69, 9.17) is 4.74 Å². The Labute approximate surface area is 119 Å². The van der Waals surface area contributed by atoms with E-state index < -0.39 is 32.0 Å². The molecule has 8 heteroatoms. The van der Waals surface area contributed by atoms with E-state index in [9.17, 15) is 18.0 Å². The molecule has 0 N–H and O–H groups in total. The predicted octanol–water partition coefficient (Wildman–Crippen LogP) is 0.445. The van der Waals surface area contributed by atoms with Crippen LogP contribution in [-0.2, 0) is 24.2 Å². The first-order valence-corrected chi connectivity index (χ1v) is 8.29. The van der Waals surface area contributed by atoms with Gasteiger partial charge in [-0.05, 0) is 43.4 Å². The number of β-lactam (4-membered cyclic amide) rings is 1. The molecule has 0 aromatic carbocycles. The molecule has 3 atom stereocenters. The topological polar surface area (TPSA) is 80.8 Å². The minimum Gasteiger partial charge on any atom is -0.450 e. The van der Waals surface area contributed by atoms with Crippen LogP contribution in [0.3, 0.4) is 0 Å². The molecule has 1 amide bonds.